The van der Waals surface area contributed by atoms with Crippen molar-refractivity contribution in [1.29, 1.82) is 0 Å². The zero-order valence-electron chi connectivity index (χ0n) is 19.6. The number of carbonyl (C=O) groups excluding carboxylic acids is 2. The average molecular weight is 481 g/mol. The topological polar surface area (TPSA) is 74.8 Å². The van der Waals surface area contributed by atoms with Gasteiger partial charge >= 0.3 is 6.03 Å². The molecule has 3 aliphatic heterocycles. The minimum Gasteiger partial charge on any atom is -0.366 e. The zero-order chi connectivity index (χ0) is 23.5. The summed E-state index contributed by atoms with van der Waals surface area (Å²) < 4.78 is 5.64. The number of pyridine rings is 1. The largest absolute Gasteiger partial charge is 0.366 e. The summed E-state index contributed by atoms with van der Waals surface area (Å²) in [4.78, 5) is 34.8. The molecule has 0 aliphatic carbocycles. The molecule has 3 amide bonds. The van der Waals surface area contributed by atoms with Gasteiger partial charge in [0.2, 0.25) is 5.91 Å². The minimum absolute atomic E-state index is 0.0173. The van der Waals surface area contributed by atoms with Crippen molar-refractivity contribution in [2.24, 2.45) is 5.92 Å². The van der Waals surface area contributed by atoms with Crippen LogP contribution in [-0.2, 0) is 9.53 Å². The lowest BCUT2D eigenvalue weighted by molar-refractivity contribution is -0.139. The molecule has 3 fully saturated rings. The highest BCUT2D eigenvalue weighted by atomic mass is 32.2. The summed E-state index contributed by atoms with van der Waals surface area (Å²) in [6.45, 7) is 2.80. The van der Waals surface area contributed by atoms with Crippen LogP contribution in [0.15, 0.2) is 53.6 Å². The summed E-state index contributed by atoms with van der Waals surface area (Å²) in [6, 6.07) is 14.9. The molecule has 5 rings (SSSR count). The number of hydrogen-bond donors (Lipinski definition) is 1. The fourth-order valence-electron chi connectivity index (χ4n) is 5.58. The second-order valence-corrected chi connectivity index (χ2v) is 10.3. The number of carbonyl (C=O) groups is 2. The minimum atomic E-state index is -0.103. The molecule has 2 aromatic rings. The Morgan fingerprint density at radius 2 is 1.94 bits per heavy atom. The van der Waals surface area contributed by atoms with E-state index in [0.717, 1.165) is 38.0 Å². The number of benzene rings is 1. The molecular weight excluding hydrogens is 448 g/mol. The second kappa shape index (κ2) is 10.4. The molecule has 0 saturated carbocycles. The Hall–Kier alpha value is -2.58. The first kappa shape index (κ1) is 23.2. The summed E-state index contributed by atoms with van der Waals surface area (Å²) in [7, 11) is 0. The quantitative estimate of drug-likeness (QED) is 0.680. The van der Waals surface area contributed by atoms with Crippen molar-refractivity contribution >= 4 is 23.7 Å². The molecule has 4 heterocycles. The average Bonchev–Trinajstić information content (AvgIpc) is 2.89. The molecule has 8 heteroatoms. The van der Waals surface area contributed by atoms with Crippen LogP contribution in [-0.4, -0.2) is 77.9 Å². The molecule has 3 atom stereocenters. The molecular formula is C26H32N4O3S. The fraction of sp³-hybridized carbons (Fsp3) is 0.500. The van der Waals surface area contributed by atoms with Crippen LogP contribution >= 0.6 is 11.8 Å². The highest BCUT2D eigenvalue weighted by Gasteiger charge is 2.38. The molecule has 180 valence electrons. The molecule has 34 heavy (non-hydrogen) atoms. The molecule has 0 bridgehead atoms. The van der Waals surface area contributed by atoms with E-state index in [1.165, 1.54) is 10.5 Å². The van der Waals surface area contributed by atoms with Gasteiger partial charge in [-0.15, -0.1) is 11.8 Å². The fourth-order valence-corrected chi connectivity index (χ4v) is 6.05. The number of morpholine rings is 1. The Morgan fingerprint density at radius 3 is 2.71 bits per heavy atom. The van der Waals surface area contributed by atoms with Gasteiger partial charge in [-0.05, 0) is 61.3 Å². The molecule has 0 radical (unpaired) electrons. The van der Waals surface area contributed by atoms with E-state index in [-0.39, 0.29) is 36.6 Å². The van der Waals surface area contributed by atoms with Gasteiger partial charge in [-0.25, -0.2) is 4.79 Å². The number of ether oxygens (including phenoxy) is 1. The third kappa shape index (κ3) is 4.93. The number of nitrogens with one attached hydrogen (secondary N) is 1. The van der Waals surface area contributed by atoms with Crippen molar-refractivity contribution in [2.75, 3.05) is 39.0 Å². The number of likely N-dealkylation sites (tertiary alicyclic amines) is 2. The van der Waals surface area contributed by atoms with Crippen LogP contribution in [0.25, 0.3) is 0 Å². The van der Waals surface area contributed by atoms with E-state index < -0.39 is 0 Å². The number of fused-ring (bicyclic) bond motifs is 1. The smallest absolute Gasteiger partial charge is 0.320 e. The zero-order valence-corrected chi connectivity index (χ0v) is 20.4. The highest BCUT2D eigenvalue weighted by Crippen LogP contribution is 2.38. The van der Waals surface area contributed by atoms with Crippen molar-refractivity contribution in [3.8, 4) is 0 Å². The normalized spacial score (nSPS) is 24.3. The van der Waals surface area contributed by atoms with Gasteiger partial charge in [-0.2, -0.15) is 0 Å². The van der Waals surface area contributed by atoms with Gasteiger partial charge < -0.3 is 19.9 Å². The number of thioether (sulfide) groups is 1. The Kier molecular flexibility index (Phi) is 7.06. The van der Waals surface area contributed by atoms with Crippen molar-refractivity contribution in [3.63, 3.8) is 0 Å². The Balaban J connectivity index is 1.26. The van der Waals surface area contributed by atoms with Crippen LogP contribution in [0.1, 0.15) is 36.4 Å². The Labute approximate surface area is 205 Å². The first-order chi connectivity index (χ1) is 16.6. The number of nitrogens with zero attached hydrogens (tertiary/aromatic N) is 3. The lowest BCUT2D eigenvalue weighted by Gasteiger charge is -2.44. The van der Waals surface area contributed by atoms with E-state index in [0.29, 0.717) is 19.0 Å². The van der Waals surface area contributed by atoms with Crippen molar-refractivity contribution in [1.82, 2.24) is 20.1 Å². The molecule has 1 aromatic heterocycles. The standard InChI is InChI=1S/C26H32N4O3S/c1-34-20-6-4-5-19(15-20)25(21-7-2-3-11-27-21)18-8-12-29(13-9-18)26(32)30-14-10-23-22(16-30)28-24(31)17-33-23/h2-7,11,15,18,22-23,25H,8-10,12-14,16-17H2,1H3,(H,28,31)/t22-,23+,25?/m1/s1. The van der Waals surface area contributed by atoms with E-state index >= 15 is 0 Å². The summed E-state index contributed by atoms with van der Waals surface area (Å²) in [5, 5.41) is 2.99. The SMILES string of the molecule is CSc1cccc(C(c2ccccn2)C2CCN(C(=O)N3CC[C@@H]4OCC(=O)N[C@@H]4C3)CC2)c1. The van der Waals surface area contributed by atoms with Gasteiger partial charge in [0.1, 0.15) is 6.61 Å². The summed E-state index contributed by atoms with van der Waals surface area (Å²) in [5.41, 5.74) is 2.39. The van der Waals surface area contributed by atoms with E-state index in [1.807, 2.05) is 22.1 Å². The molecule has 1 N–H and O–H groups in total. The van der Waals surface area contributed by atoms with Crippen LogP contribution in [0.4, 0.5) is 4.79 Å². The van der Waals surface area contributed by atoms with Crippen molar-refractivity contribution < 1.29 is 14.3 Å². The third-order valence-electron chi connectivity index (χ3n) is 7.34. The van der Waals surface area contributed by atoms with Crippen LogP contribution in [0.5, 0.6) is 0 Å². The van der Waals surface area contributed by atoms with Crippen LogP contribution in [0.3, 0.4) is 0 Å². The third-order valence-corrected chi connectivity index (χ3v) is 8.06. The van der Waals surface area contributed by atoms with Gasteiger partial charge in [0.25, 0.3) is 0 Å². The molecule has 0 spiro atoms. The molecule has 1 unspecified atom stereocenters. The van der Waals surface area contributed by atoms with Gasteiger partial charge in [0, 0.05) is 48.9 Å². The maximum atomic E-state index is 13.3. The van der Waals surface area contributed by atoms with E-state index in [9.17, 15) is 9.59 Å². The van der Waals surface area contributed by atoms with Crippen LogP contribution in [0, 0.1) is 5.92 Å². The summed E-state index contributed by atoms with van der Waals surface area (Å²) in [5.74, 6) is 0.547. The van der Waals surface area contributed by atoms with Crippen LogP contribution < -0.4 is 5.32 Å². The molecule has 7 nitrogen and oxygen atoms in total. The highest BCUT2D eigenvalue weighted by molar-refractivity contribution is 7.98. The predicted octanol–water partition coefficient (Wildman–Crippen LogP) is 3.36. The first-order valence-electron chi connectivity index (χ1n) is 12.1. The second-order valence-electron chi connectivity index (χ2n) is 9.37. The van der Waals surface area contributed by atoms with Crippen molar-refractivity contribution in [3.05, 3.63) is 59.9 Å². The number of hydrogen-bond acceptors (Lipinski definition) is 5. The van der Waals surface area contributed by atoms with Crippen molar-refractivity contribution in [2.45, 2.75) is 42.2 Å². The number of rotatable bonds is 4. The van der Waals surface area contributed by atoms with E-state index in [4.69, 9.17) is 9.72 Å². The number of piperidine rings is 2. The van der Waals surface area contributed by atoms with E-state index in [2.05, 4.69) is 48.0 Å². The molecule has 3 aliphatic rings. The van der Waals surface area contributed by atoms with Gasteiger partial charge in [-0.3, -0.25) is 9.78 Å². The first-order valence-corrected chi connectivity index (χ1v) is 13.3. The molecule has 3 saturated heterocycles. The monoisotopic (exact) mass is 480 g/mol. The number of amides is 3. The lowest BCUT2D eigenvalue weighted by Crippen LogP contribution is -2.62. The Bertz CT molecular complexity index is 1010. The van der Waals surface area contributed by atoms with E-state index in [1.54, 1.807) is 11.8 Å². The predicted molar refractivity (Wildman–Crippen MR) is 132 cm³/mol. The Morgan fingerprint density at radius 1 is 1.12 bits per heavy atom. The van der Waals surface area contributed by atoms with Crippen LogP contribution in [0.2, 0.25) is 0 Å². The van der Waals surface area contributed by atoms with Gasteiger partial charge in [0.05, 0.1) is 12.1 Å². The van der Waals surface area contributed by atoms with Gasteiger partial charge in [0.15, 0.2) is 0 Å². The summed E-state index contributed by atoms with van der Waals surface area (Å²) in [6.07, 6.45) is 6.64. The number of aromatic nitrogens is 1. The lowest BCUT2D eigenvalue weighted by atomic mass is 9.78. The summed E-state index contributed by atoms with van der Waals surface area (Å²) >= 11 is 1.76. The maximum absolute atomic E-state index is 13.3. The molecule has 1 aromatic carbocycles. The van der Waals surface area contributed by atoms with Gasteiger partial charge in [-0.1, -0.05) is 18.2 Å². The number of urea groups is 1. The maximum Gasteiger partial charge on any atom is 0.320 e.